The summed E-state index contributed by atoms with van der Waals surface area (Å²) in [7, 11) is 0. The van der Waals surface area contributed by atoms with Crippen molar-refractivity contribution in [2.45, 2.75) is 63.0 Å². The van der Waals surface area contributed by atoms with Crippen LogP contribution in [0.15, 0.2) is 41.3 Å². The average Bonchev–Trinajstić information content (AvgIpc) is 2.88. The molecule has 3 aromatic rings. The highest BCUT2D eigenvalue weighted by Crippen LogP contribution is 2.55. The number of halogens is 2. The largest absolute Gasteiger partial charge is 0.391 e. The van der Waals surface area contributed by atoms with Crippen molar-refractivity contribution in [1.82, 2.24) is 14.9 Å². The third kappa shape index (κ3) is 4.31. The van der Waals surface area contributed by atoms with Crippen LogP contribution in [0.25, 0.3) is 16.7 Å². The second-order valence-electron chi connectivity index (χ2n) is 12.3. The Kier molecular flexibility index (Phi) is 5.77. The molecule has 39 heavy (non-hydrogen) atoms. The lowest BCUT2D eigenvalue weighted by atomic mass is 9.53. The number of pyridine rings is 2. The molecule has 4 bridgehead atoms. The molecule has 4 saturated carbocycles. The smallest absolute Gasteiger partial charge is 0.257 e. The number of carbonyl (C=O) groups excluding carboxylic acids is 1. The molecular formula is C30H32F2N4O3. The number of amides is 1. The van der Waals surface area contributed by atoms with Gasteiger partial charge in [-0.25, -0.2) is 13.8 Å². The molecule has 2 aromatic heterocycles. The van der Waals surface area contributed by atoms with E-state index < -0.39 is 29.1 Å². The number of benzene rings is 1. The Bertz CT molecular complexity index is 1500. The van der Waals surface area contributed by atoms with E-state index in [4.69, 9.17) is 4.98 Å². The summed E-state index contributed by atoms with van der Waals surface area (Å²) in [6, 6.07) is 6.52. The van der Waals surface area contributed by atoms with Crippen molar-refractivity contribution in [3.8, 4) is 5.69 Å². The number of anilines is 1. The van der Waals surface area contributed by atoms with E-state index in [1.165, 1.54) is 36.1 Å². The zero-order valence-electron chi connectivity index (χ0n) is 21.7. The van der Waals surface area contributed by atoms with Gasteiger partial charge in [0.05, 0.1) is 17.2 Å². The standard InChI is InChI=1S/C30H32F2N4O3/c31-20-3-5-25(24(32)11-20)36-16-23(29(39)34-30-12-17-8-18(13-30)10-19(9-17)14-30)27(38)22-4-6-26(33-28(22)36)35-7-1-2-21(37)15-35/h3-6,11,16-19,21,37H,1-2,7-10,12-15H2,(H,34,39). The van der Waals surface area contributed by atoms with E-state index in [0.29, 0.717) is 43.1 Å². The van der Waals surface area contributed by atoms with Crippen LogP contribution in [-0.2, 0) is 0 Å². The monoisotopic (exact) mass is 534 g/mol. The number of aliphatic hydroxyl groups excluding tert-OH is 1. The lowest BCUT2D eigenvalue weighted by molar-refractivity contribution is -0.0167. The van der Waals surface area contributed by atoms with Crippen molar-refractivity contribution in [2.24, 2.45) is 17.8 Å². The van der Waals surface area contributed by atoms with Crippen molar-refractivity contribution in [3.05, 3.63) is 63.9 Å². The van der Waals surface area contributed by atoms with Gasteiger partial charge in [0.2, 0.25) is 5.43 Å². The van der Waals surface area contributed by atoms with E-state index >= 15 is 4.39 Å². The minimum Gasteiger partial charge on any atom is -0.391 e. The normalized spacial score (nSPS) is 29.7. The number of hydrogen-bond acceptors (Lipinski definition) is 5. The van der Waals surface area contributed by atoms with Crippen LogP contribution in [0.3, 0.4) is 0 Å². The molecule has 7 nitrogen and oxygen atoms in total. The Morgan fingerprint density at radius 2 is 1.77 bits per heavy atom. The Labute approximate surface area is 224 Å². The molecule has 1 aliphatic heterocycles. The Morgan fingerprint density at radius 1 is 1.05 bits per heavy atom. The highest BCUT2D eigenvalue weighted by molar-refractivity contribution is 5.97. The van der Waals surface area contributed by atoms with Crippen LogP contribution < -0.4 is 15.6 Å². The number of aromatic nitrogens is 2. The molecular weight excluding hydrogens is 502 g/mol. The van der Waals surface area contributed by atoms with E-state index in [0.717, 1.165) is 37.8 Å². The molecule has 204 valence electrons. The Morgan fingerprint density at radius 3 is 2.44 bits per heavy atom. The van der Waals surface area contributed by atoms with Gasteiger partial charge in [-0.2, -0.15) is 0 Å². The fraction of sp³-hybridized carbons (Fsp3) is 0.500. The minimum atomic E-state index is -0.826. The lowest BCUT2D eigenvalue weighted by Crippen LogP contribution is -2.60. The van der Waals surface area contributed by atoms with Gasteiger partial charge in [-0.05, 0) is 93.4 Å². The molecule has 5 aliphatic rings. The van der Waals surface area contributed by atoms with E-state index in [2.05, 4.69) is 5.32 Å². The van der Waals surface area contributed by atoms with Crippen molar-refractivity contribution in [2.75, 3.05) is 18.0 Å². The van der Waals surface area contributed by atoms with Crippen LogP contribution in [0.5, 0.6) is 0 Å². The fourth-order valence-corrected chi connectivity index (χ4v) is 8.13. The number of fused-ring (bicyclic) bond motifs is 1. The molecule has 1 atom stereocenters. The van der Waals surface area contributed by atoms with Gasteiger partial charge < -0.3 is 15.3 Å². The first-order valence-corrected chi connectivity index (χ1v) is 14.0. The van der Waals surface area contributed by atoms with Crippen molar-refractivity contribution in [3.63, 3.8) is 0 Å². The third-order valence-corrected chi connectivity index (χ3v) is 9.39. The van der Waals surface area contributed by atoms with Gasteiger partial charge >= 0.3 is 0 Å². The first-order chi connectivity index (χ1) is 18.8. The second-order valence-corrected chi connectivity index (χ2v) is 12.3. The maximum atomic E-state index is 15.1. The molecule has 1 saturated heterocycles. The quantitative estimate of drug-likeness (QED) is 0.521. The van der Waals surface area contributed by atoms with E-state index in [1.807, 2.05) is 4.90 Å². The van der Waals surface area contributed by atoms with Crippen LogP contribution in [-0.4, -0.2) is 45.3 Å². The van der Waals surface area contributed by atoms with Crippen LogP contribution in [0.4, 0.5) is 14.6 Å². The minimum absolute atomic E-state index is 0.00594. The highest BCUT2D eigenvalue weighted by atomic mass is 19.1. The maximum Gasteiger partial charge on any atom is 0.257 e. The zero-order valence-corrected chi connectivity index (χ0v) is 21.7. The number of piperidine rings is 1. The predicted octanol–water partition coefficient (Wildman–Crippen LogP) is 4.32. The lowest BCUT2D eigenvalue weighted by Gasteiger charge is -2.56. The second kappa shape index (κ2) is 9.11. The molecule has 9 heteroatoms. The van der Waals surface area contributed by atoms with Crippen LogP contribution in [0.1, 0.15) is 61.7 Å². The Balaban J connectivity index is 1.33. The number of hydrogen-bond donors (Lipinski definition) is 2. The maximum absolute atomic E-state index is 15.1. The number of nitrogens with zero attached hydrogens (tertiary/aromatic N) is 3. The molecule has 3 heterocycles. The topological polar surface area (TPSA) is 87.5 Å². The van der Waals surface area contributed by atoms with E-state index in [-0.39, 0.29) is 27.8 Å². The summed E-state index contributed by atoms with van der Waals surface area (Å²) in [5.41, 5.74) is -0.673. The number of rotatable bonds is 4. The van der Waals surface area contributed by atoms with Gasteiger partial charge in [-0.1, -0.05) is 0 Å². The molecule has 8 rings (SSSR count). The molecule has 4 aliphatic carbocycles. The summed E-state index contributed by atoms with van der Waals surface area (Å²) >= 11 is 0. The van der Waals surface area contributed by atoms with Gasteiger partial charge in [0.1, 0.15) is 23.0 Å². The number of aliphatic hydroxyl groups is 1. The summed E-state index contributed by atoms with van der Waals surface area (Å²) in [6.45, 7) is 1.09. The molecule has 0 radical (unpaired) electrons. The molecule has 1 unspecified atom stereocenters. The number of carbonyl (C=O) groups is 1. The molecule has 1 aromatic carbocycles. The number of β-amino-alcohol motifs (C(OH)–C–C–N with tert-alkyl or cyclic N) is 1. The first kappa shape index (κ1) is 24.7. The fourth-order valence-electron chi connectivity index (χ4n) is 8.13. The van der Waals surface area contributed by atoms with Crippen molar-refractivity contribution in [1.29, 1.82) is 0 Å². The molecule has 1 amide bonds. The first-order valence-electron chi connectivity index (χ1n) is 14.0. The van der Waals surface area contributed by atoms with Gasteiger partial charge in [-0.3, -0.25) is 14.2 Å². The van der Waals surface area contributed by atoms with E-state index in [1.54, 1.807) is 12.1 Å². The van der Waals surface area contributed by atoms with Crippen molar-refractivity contribution < 1.29 is 18.7 Å². The summed E-state index contributed by atoms with van der Waals surface area (Å²) in [4.78, 5) is 34.1. The summed E-state index contributed by atoms with van der Waals surface area (Å²) in [6.07, 6.45) is 8.85. The van der Waals surface area contributed by atoms with Crippen molar-refractivity contribution >= 4 is 22.8 Å². The zero-order chi connectivity index (χ0) is 26.9. The van der Waals surface area contributed by atoms with Crippen LogP contribution in [0.2, 0.25) is 0 Å². The van der Waals surface area contributed by atoms with E-state index in [9.17, 15) is 19.1 Å². The SMILES string of the molecule is O=C(NC12CC3CC(CC(C3)C1)C2)c1cn(-c2ccc(F)cc2F)c2nc(N3CCCC(O)C3)ccc2c1=O. The summed E-state index contributed by atoms with van der Waals surface area (Å²) in [5, 5.41) is 13.6. The number of nitrogens with one attached hydrogen (secondary N) is 1. The van der Waals surface area contributed by atoms with Gasteiger partial charge in [-0.15, -0.1) is 0 Å². The van der Waals surface area contributed by atoms with Gasteiger partial charge in [0.25, 0.3) is 5.91 Å². The predicted molar refractivity (Wildman–Crippen MR) is 143 cm³/mol. The molecule has 2 N–H and O–H groups in total. The third-order valence-electron chi connectivity index (χ3n) is 9.39. The van der Waals surface area contributed by atoms with Gasteiger partial charge in [0.15, 0.2) is 5.65 Å². The van der Waals surface area contributed by atoms with Gasteiger partial charge in [0, 0.05) is 30.9 Å². The highest BCUT2D eigenvalue weighted by Gasteiger charge is 2.51. The van der Waals surface area contributed by atoms with Crippen LogP contribution in [0, 0.1) is 29.4 Å². The Hall–Kier alpha value is -3.33. The summed E-state index contributed by atoms with van der Waals surface area (Å²) < 4.78 is 30.3. The molecule has 5 fully saturated rings. The molecule has 0 spiro atoms. The average molecular weight is 535 g/mol. The van der Waals surface area contributed by atoms with Crippen LogP contribution >= 0.6 is 0 Å². The summed E-state index contributed by atoms with van der Waals surface area (Å²) in [5.74, 6) is 0.397.